The van der Waals surface area contributed by atoms with E-state index < -0.39 is 0 Å². The fraction of sp³-hybridized carbons (Fsp3) is 0.714. The smallest absolute Gasteiger partial charge is 0.236 e. The maximum absolute atomic E-state index is 12.2. The number of ether oxygens (including phenoxy) is 1. The van der Waals surface area contributed by atoms with Crippen LogP contribution in [0.5, 0.6) is 0 Å². The van der Waals surface area contributed by atoms with Crippen LogP contribution < -0.4 is 0 Å². The molecule has 0 saturated carbocycles. The van der Waals surface area contributed by atoms with E-state index >= 15 is 0 Å². The van der Waals surface area contributed by atoms with Gasteiger partial charge < -0.3 is 9.64 Å². The first-order valence-electron chi connectivity index (χ1n) is 7.33. The topological polar surface area (TPSA) is 61.5 Å². The summed E-state index contributed by atoms with van der Waals surface area (Å²) in [6.45, 7) is 4.23. The standard InChI is InChI=1S/C14H22N4O2/c1-17(14(19)10-18-5-7-20-8-6-18)9-13-11-3-2-4-12(11)15-16-13/h2-10H2,1H3,(H,15,16). The van der Waals surface area contributed by atoms with Gasteiger partial charge in [-0.1, -0.05) is 0 Å². The molecule has 0 bridgehead atoms. The van der Waals surface area contributed by atoms with Crippen molar-refractivity contribution in [3.8, 4) is 0 Å². The minimum Gasteiger partial charge on any atom is -0.379 e. The van der Waals surface area contributed by atoms with Gasteiger partial charge in [-0.15, -0.1) is 0 Å². The van der Waals surface area contributed by atoms with Gasteiger partial charge in [-0.05, 0) is 24.8 Å². The third-order valence-electron chi connectivity index (χ3n) is 4.17. The molecule has 0 atom stereocenters. The second kappa shape index (κ2) is 5.93. The number of nitrogens with zero attached hydrogens (tertiary/aromatic N) is 3. The van der Waals surface area contributed by atoms with E-state index in [1.807, 2.05) is 7.05 Å². The van der Waals surface area contributed by atoms with Gasteiger partial charge in [0.05, 0.1) is 32.0 Å². The Morgan fingerprint density at radius 1 is 1.40 bits per heavy atom. The normalized spacial score (nSPS) is 19.1. The van der Waals surface area contributed by atoms with E-state index in [1.54, 1.807) is 4.90 Å². The first-order chi connectivity index (χ1) is 9.74. The summed E-state index contributed by atoms with van der Waals surface area (Å²) in [6.07, 6.45) is 3.38. The summed E-state index contributed by atoms with van der Waals surface area (Å²) in [5, 5.41) is 7.45. The van der Waals surface area contributed by atoms with Crippen molar-refractivity contribution in [2.75, 3.05) is 39.9 Å². The predicted molar refractivity (Wildman–Crippen MR) is 74.3 cm³/mol. The molecule has 2 aliphatic rings. The number of H-pyrrole nitrogens is 1. The Morgan fingerprint density at radius 3 is 3.00 bits per heavy atom. The number of morpholine rings is 1. The molecule has 6 nitrogen and oxygen atoms in total. The molecule has 1 saturated heterocycles. The van der Waals surface area contributed by atoms with Gasteiger partial charge in [0, 0.05) is 25.8 Å². The van der Waals surface area contributed by atoms with Crippen molar-refractivity contribution in [3.63, 3.8) is 0 Å². The molecule has 3 rings (SSSR count). The van der Waals surface area contributed by atoms with E-state index in [4.69, 9.17) is 4.74 Å². The number of rotatable bonds is 4. The molecule has 0 spiro atoms. The zero-order valence-corrected chi connectivity index (χ0v) is 12.0. The Hall–Kier alpha value is -1.40. The van der Waals surface area contributed by atoms with Crippen LogP contribution >= 0.6 is 0 Å². The molecule has 2 heterocycles. The number of likely N-dealkylation sites (N-methyl/N-ethyl adjacent to an activating group) is 1. The molecule has 6 heteroatoms. The van der Waals surface area contributed by atoms with Crippen LogP contribution in [0, 0.1) is 0 Å². The number of carbonyl (C=O) groups is 1. The highest BCUT2D eigenvalue weighted by atomic mass is 16.5. The Balaban J connectivity index is 1.55. The van der Waals surface area contributed by atoms with Crippen LogP contribution in [-0.4, -0.2) is 65.8 Å². The molecule has 1 aliphatic heterocycles. The molecule has 0 aromatic carbocycles. The molecular weight excluding hydrogens is 256 g/mol. The molecule has 20 heavy (non-hydrogen) atoms. The summed E-state index contributed by atoms with van der Waals surface area (Å²) in [5.74, 6) is 0.154. The van der Waals surface area contributed by atoms with Crippen LogP contribution in [0.4, 0.5) is 0 Å². The molecule has 1 N–H and O–H groups in total. The van der Waals surface area contributed by atoms with Gasteiger partial charge >= 0.3 is 0 Å². The average Bonchev–Trinajstić information content (AvgIpc) is 3.05. The monoisotopic (exact) mass is 278 g/mol. The number of aromatic nitrogens is 2. The number of aromatic amines is 1. The van der Waals surface area contributed by atoms with Crippen LogP contribution in [0.2, 0.25) is 0 Å². The predicted octanol–water partition coefficient (Wildman–Crippen LogP) is 0.189. The first-order valence-corrected chi connectivity index (χ1v) is 7.33. The van der Waals surface area contributed by atoms with E-state index in [9.17, 15) is 4.79 Å². The number of amides is 1. The molecule has 1 aliphatic carbocycles. The molecule has 0 unspecified atom stereocenters. The third kappa shape index (κ3) is 2.86. The van der Waals surface area contributed by atoms with Gasteiger partial charge in [-0.2, -0.15) is 5.10 Å². The van der Waals surface area contributed by atoms with Gasteiger partial charge in [0.25, 0.3) is 0 Å². The minimum absolute atomic E-state index is 0.154. The molecule has 1 amide bonds. The summed E-state index contributed by atoms with van der Waals surface area (Å²) in [5.41, 5.74) is 3.63. The van der Waals surface area contributed by atoms with Crippen LogP contribution in [0.3, 0.4) is 0 Å². The summed E-state index contributed by atoms with van der Waals surface area (Å²) in [6, 6.07) is 0. The highest BCUT2D eigenvalue weighted by molar-refractivity contribution is 5.78. The van der Waals surface area contributed by atoms with E-state index in [0.717, 1.165) is 44.8 Å². The first kappa shape index (κ1) is 13.6. The zero-order chi connectivity index (χ0) is 13.9. The van der Waals surface area contributed by atoms with Crippen molar-refractivity contribution in [3.05, 3.63) is 17.0 Å². The maximum atomic E-state index is 12.2. The van der Waals surface area contributed by atoms with Gasteiger partial charge in [0.2, 0.25) is 5.91 Å². The highest BCUT2D eigenvalue weighted by Crippen LogP contribution is 2.23. The SMILES string of the molecule is CN(Cc1n[nH]c2c1CCC2)C(=O)CN1CCOCC1. The van der Waals surface area contributed by atoms with Gasteiger partial charge in [-0.25, -0.2) is 0 Å². The van der Waals surface area contributed by atoms with E-state index in [0.29, 0.717) is 13.1 Å². The van der Waals surface area contributed by atoms with Crippen molar-refractivity contribution in [1.82, 2.24) is 20.0 Å². The van der Waals surface area contributed by atoms with Crippen molar-refractivity contribution >= 4 is 5.91 Å². The molecule has 1 aromatic heterocycles. The van der Waals surface area contributed by atoms with Crippen molar-refractivity contribution in [2.24, 2.45) is 0 Å². The summed E-state index contributed by atoms with van der Waals surface area (Å²) < 4.78 is 5.30. The second-order valence-corrected chi connectivity index (χ2v) is 5.62. The van der Waals surface area contributed by atoms with Gasteiger partial charge in [0.1, 0.15) is 0 Å². The average molecular weight is 278 g/mol. The van der Waals surface area contributed by atoms with Gasteiger partial charge in [0.15, 0.2) is 0 Å². The van der Waals surface area contributed by atoms with Crippen LogP contribution in [0.15, 0.2) is 0 Å². The van der Waals surface area contributed by atoms with Crippen molar-refractivity contribution < 1.29 is 9.53 Å². The molecular formula is C14H22N4O2. The Kier molecular flexibility index (Phi) is 4.03. The third-order valence-corrected chi connectivity index (χ3v) is 4.17. The quantitative estimate of drug-likeness (QED) is 0.854. The fourth-order valence-corrected chi connectivity index (χ4v) is 2.90. The molecule has 1 fully saturated rings. The summed E-state index contributed by atoms with van der Waals surface area (Å²) >= 11 is 0. The van der Waals surface area contributed by atoms with Crippen LogP contribution in [0.1, 0.15) is 23.4 Å². The number of carbonyl (C=O) groups excluding carboxylic acids is 1. The second-order valence-electron chi connectivity index (χ2n) is 5.62. The Bertz CT molecular complexity index is 480. The zero-order valence-electron chi connectivity index (χ0n) is 12.0. The summed E-state index contributed by atoms with van der Waals surface area (Å²) in [7, 11) is 1.86. The molecule has 0 radical (unpaired) electrons. The lowest BCUT2D eigenvalue weighted by molar-refractivity contribution is -0.132. The lowest BCUT2D eigenvalue weighted by Gasteiger charge is -2.27. The largest absolute Gasteiger partial charge is 0.379 e. The number of aryl methyl sites for hydroxylation is 1. The lowest BCUT2D eigenvalue weighted by atomic mass is 10.2. The fourth-order valence-electron chi connectivity index (χ4n) is 2.90. The van der Waals surface area contributed by atoms with Gasteiger partial charge in [-0.3, -0.25) is 14.8 Å². The lowest BCUT2D eigenvalue weighted by Crippen LogP contribution is -2.43. The number of nitrogens with one attached hydrogen (secondary N) is 1. The van der Waals surface area contributed by atoms with E-state index in [-0.39, 0.29) is 5.91 Å². The molecule has 110 valence electrons. The van der Waals surface area contributed by atoms with E-state index in [2.05, 4.69) is 15.1 Å². The summed E-state index contributed by atoms with van der Waals surface area (Å²) in [4.78, 5) is 16.2. The van der Waals surface area contributed by atoms with E-state index in [1.165, 1.54) is 17.7 Å². The van der Waals surface area contributed by atoms with Crippen LogP contribution in [-0.2, 0) is 28.9 Å². The highest BCUT2D eigenvalue weighted by Gasteiger charge is 2.22. The number of hydrogen-bond donors (Lipinski definition) is 1. The van der Waals surface area contributed by atoms with Crippen LogP contribution in [0.25, 0.3) is 0 Å². The minimum atomic E-state index is 0.154. The maximum Gasteiger partial charge on any atom is 0.236 e. The Labute approximate surface area is 119 Å². The van der Waals surface area contributed by atoms with Crippen molar-refractivity contribution in [1.29, 1.82) is 0 Å². The Morgan fingerprint density at radius 2 is 2.20 bits per heavy atom. The number of hydrogen-bond acceptors (Lipinski definition) is 4. The molecule has 1 aromatic rings. The number of fused-ring (bicyclic) bond motifs is 1. The van der Waals surface area contributed by atoms with Crippen molar-refractivity contribution in [2.45, 2.75) is 25.8 Å².